The Morgan fingerprint density at radius 2 is 2.11 bits per heavy atom. The highest BCUT2D eigenvalue weighted by atomic mass is 79.9. The van der Waals surface area contributed by atoms with Crippen LogP contribution in [-0.2, 0) is 9.53 Å². The van der Waals surface area contributed by atoms with Gasteiger partial charge in [-0.05, 0) is 34.5 Å². The van der Waals surface area contributed by atoms with E-state index in [-0.39, 0.29) is 13.0 Å². The maximum absolute atomic E-state index is 11.8. The molecular formula is C12H13BrF3NO2. The minimum absolute atomic E-state index is 0.129. The largest absolute Gasteiger partial charge is 0.411 e. The molecule has 106 valence electrons. The molecule has 0 aromatic heterocycles. The van der Waals surface area contributed by atoms with Crippen LogP contribution in [0.25, 0.3) is 0 Å². The monoisotopic (exact) mass is 339 g/mol. The Morgan fingerprint density at radius 3 is 2.74 bits per heavy atom. The zero-order valence-corrected chi connectivity index (χ0v) is 11.8. The third-order valence-corrected chi connectivity index (χ3v) is 3.26. The van der Waals surface area contributed by atoms with Crippen LogP contribution in [0.5, 0.6) is 0 Å². The minimum Gasteiger partial charge on any atom is -0.372 e. The van der Waals surface area contributed by atoms with Crippen LogP contribution in [0, 0.1) is 6.92 Å². The van der Waals surface area contributed by atoms with Gasteiger partial charge in [0.05, 0.1) is 18.7 Å². The van der Waals surface area contributed by atoms with Gasteiger partial charge in [-0.25, -0.2) is 0 Å². The van der Waals surface area contributed by atoms with Crippen LogP contribution in [0.3, 0.4) is 0 Å². The fourth-order valence-corrected chi connectivity index (χ4v) is 1.67. The third-order valence-electron chi connectivity index (χ3n) is 2.21. The van der Waals surface area contributed by atoms with Gasteiger partial charge in [0.25, 0.3) is 0 Å². The van der Waals surface area contributed by atoms with Gasteiger partial charge >= 0.3 is 6.18 Å². The molecule has 0 saturated heterocycles. The highest BCUT2D eigenvalue weighted by molar-refractivity contribution is 9.10. The molecule has 1 rings (SSSR count). The first-order valence-corrected chi connectivity index (χ1v) is 6.28. The van der Waals surface area contributed by atoms with Gasteiger partial charge in [0.2, 0.25) is 5.91 Å². The molecule has 0 aliphatic carbocycles. The average molecular weight is 340 g/mol. The van der Waals surface area contributed by atoms with E-state index in [1.807, 2.05) is 13.0 Å². The van der Waals surface area contributed by atoms with E-state index >= 15 is 0 Å². The molecule has 3 nitrogen and oxygen atoms in total. The number of hydrogen-bond donors (Lipinski definition) is 1. The summed E-state index contributed by atoms with van der Waals surface area (Å²) in [5.74, 6) is -0.395. The Hall–Kier alpha value is -1.08. The molecule has 1 aromatic rings. The van der Waals surface area contributed by atoms with Crippen LogP contribution in [0.15, 0.2) is 22.7 Å². The van der Waals surface area contributed by atoms with E-state index in [2.05, 4.69) is 26.0 Å². The number of halogens is 4. The van der Waals surface area contributed by atoms with Crippen molar-refractivity contribution >= 4 is 27.5 Å². The van der Waals surface area contributed by atoms with Crippen molar-refractivity contribution in [3.8, 4) is 0 Å². The van der Waals surface area contributed by atoms with E-state index in [9.17, 15) is 18.0 Å². The number of nitrogens with one attached hydrogen (secondary N) is 1. The first kappa shape index (κ1) is 16.0. The fourth-order valence-electron chi connectivity index (χ4n) is 1.31. The minimum atomic E-state index is -4.37. The molecule has 0 spiro atoms. The summed E-state index contributed by atoms with van der Waals surface area (Å²) in [6.45, 7) is 0.259. The molecule has 1 N–H and O–H groups in total. The lowest BCUT2D eigenvalue weighted by Crippen LogP contribution is -2.20. The SMILES string of the molecule is Cc1cccc(NC(=O)CCOCC(F)(F)F)c1Br. The molecule has 0 unspecified atom stereocenters. The normalized spacial score (nSPS) is 11.4. The van der Waals surface area contributed by atoms with Gasteiger partial charge < -0.3 is 10.1 Å². The molecule has 0 fully saturated rings. The van der Waals surface area contributed by atoms with Crippen molar-refractivity contribution in [1.29, 1.82) is 0 Å². The van der Waals surface area contributed by atoms with Crippen LogP contribution in [-0.4, -0.2) is 25.3 Å². The zero-order chi connectivity index (χ0) is 14.5. The number of rotatable bonds is 5. The van der Waals surface area contributed by atoms with Crippen molar-refractivity contribution in [2.45, 2.75) is 19.5 Å². The average Bonchev–Trinajstić information content (AvgIpc) is 2.29. The van der Waals surface area contributed by atoms with Crippen molar-refractivity contribution in [3.63, 3.8) is 0 Å². The summed E-state index contributed by atoms with van der Waals surface area (Å²) in [4.78, 5) is 11.5. The van der Waals surface area contributed by atoms with Crippen LogP contribution in [0.4, 0.5) is 18.9 Å². The van der Waals surface area contributed by atoms with Crippen molar-refractivity contribution in [2.24, 2.45) is 0 Å². The lowest BCUT2D eigenvalue weighted by Gasteiger charge is -2.10. The molecular weight excluding hydrogens is 327 g/mol. The van der Waals surface area contributed by atoms with Crippen LogP contribution in [0.2, 0.25) is 0 Å². The summed E-state index contributed by atoms with van der Waals surface area (Å²) in [6.07, 6.45) is -4.49. The summed E-state index contributed by atoms with van der Waals surface area (Å²) >= 11 is 3.32. The standard InChI is InChI=1S/C12H13BrF3NO2/c1-8-3-2-4-9(11(8)13)17-10(18)5-6-19-7-12(14,15)16/h2-4H,5-7H2,1H3,(H,17,18). The predicted molar refractivity (Wildman–Crippen MR) is 69.0 cm³/mol. The highest BCUT2D eigenvalue weighted by Gasteiger charge is 2.27. The van der Waals surface area contributed by atoms with Gasteiger partial charge in [-0.15, -0.1) is 0 Å². The van der Waals surface area contributed by atoms with Crippen LogP contribution in [0.1, 0.15) is 12.0 Å². The second kappa shape index (κ2) is 6.91. The van der Waals surface area contributed by atoms with Gasteiger partial charge in [0.1, 0.15) is 6.61 Å². The number of amides is 1. The summed E-state index contributed by atoms with van der Waals surface area (Å²) in [6, 6.07) is 5.34. The van der Waals surface area contributed by atoms with E-state index in [0.29, 0.717) is 5.69 Å². The molecule has 7 heteroatoms. The Labute approximate surface area is 117 Å². The number of ether oxygens (including phenoxy) is 1. The van der Waals surface area contributed by atoms with Crippen molar-refractivity contribution in [1.82, 2.24) is 0 Å². The molecule has 0 heterocycles. The Kier molecular flexibility index (Phi) is 5.81. The zero-order valence-electron chi connectivity index (χ0n) is 10.2. The Morgan fingerprint density at radius 1 is 1.42 bits per heavy atom. The smallest absolute Gasteiger partial charge is 0.372 e. The maximum atomic E-state index is 11.8. The Balaban J connectivity index is 2.38. The number of alkyl halides is 3. The van der Waals surface area contributed by atoms with Gasteiger partial charge in [0.15, 0.2) is 0 Å². The molecule has 0 aliphatic heterocycles. The lowest BCUT2D eigenvalue weighted by molar-refractivity contribution is -0.174. The number of carbonyl (C=O) groups is 1. The predicted octanol–water partition coefficient (Wildman–Crippen LogP) is 3.67. The number of anilines is 1. The van der Waals surface area contributed by atoms with Crippen molar-refractivity contribution in [3.05, 3.63) is 28.2 Å². The van der Waals surface area contributed by atoms with Gasteiger partial charge in [-0.3, -0.25) is 4.79 Å². The van der Waals surface area contributed by atoms with Crippen LogP contribution < -0.4 is 5.32 Å². The summed E-state index contributed by atoms with van der Waals surface area (Å²) in [5, 5.41) is 2.60. The molecule has 1 aromatic carbocycles. The van der Waals surface area contributed by atoms with E-state index in [1.54, 1.807) is 12.1 Å². The molecule has 0 aliphatic rings. The highest BCUT2D eigenvalue weighted by Crippen LogP contribution is 2.25. The maximum Gasteiger partial charge on any atom is 0.411 e. The lowest BCUT2D eigenvalue weighted by atomic mass is 10.2. The quantitative estimate of drug-likeness (QED) is 0.831. The summed E-state index contributed by atoms with van der Waals surface area (Å²) in [5.41, 5.74) is 1.53. The number of carbonyl (C=O) groups excluding carboxylic acids is 1. The van der Waals surface area contributed by atoms with Crippen molar-refractivity contribution < 1.29 is 22.7 Å². The van der Waals surface area contributed by atoms with Gasteiger partial charge in [-0.1, -0.05) is 12.1 Å². The molecule has 0 bridgehead atoms. The van der Waals surface area contributed by atoms with E-state index in [4.69, 9.17) is 0 Å². The van der Waals surface area contributed by atoms with E-state index in [1.165, 1.54) is 0 Å². The van der Waals surface area contributed by atoms with Crippen molar-refractivity contribution in [2.75, 3.05) is 18.5 Å². The van der Waals surface area contributed by atoms with E-state index < -0.39 is 18.7 Å². The second-order valence-electron chi connectivity index (χ2n) is 3.90. The molecule has 0 atom stereocenters. The first-order valence-electron chi connectivity index (χ1n) is 5.49. The topological polar surface area (TPSA) is 38.3 Å². The number of hydrogen-bond acceptors (Lipinski definition) is 2. The summed E-state index contributed by atoms with van der Waals surface area (Å²) < 4.78 is 40.5. The first-order chi connectivity index (χ1) is 8.79. The second-order valence-corrected chi connectivity index (χ2v) is 4.70. The molecule has 0 saturated carbocycles. The number of benzene rings is 1. The van der Waals surface area contributed by atoms with Crippen LogP contribution >= 0.6 is 15.9 Å². The molecule has 19 heavy (non-hydrogen) atoms. The molecule has 1 amide bonds. The summed E-state index contributed by atoms with van der Waals surface area (Å²) in [7, 11) is 0. The Bertz CT molecular complexity index is 449. The van der Waals surface area contributed by atoms with E-state index in [0.717, 1.165) is 10.0 Å². The third kappa shape index (κ3) is 6.07. The molecule has 0 radical (unpaired) electrons. The number of aryl methyl sites for hydroxylation is 1. The van der Waals surface area contributed by atoms with Gasteiger partial charge in [-0.2, -0.15) is 13.2 Å². The fraction of sp³-hybridized carbons (Fsp3) is 0.417. The van der Waals surface area contributed by atoms with Gasteiger partial charge in [0, 0.05) is 4.47 Å².